The molecule has 2 atom stereocenters. The van der Waals surface area contributed by atoms with Crippen LogP contribution < -0.4 is 20.1 Å². The summed E-state index contributed by atoms with van der Waals surface area (Å²) in [5, 5.41) is 6.71. The summed E-state index contributed by atoms with van der Waals surface area (Å²) in [6.07, 6.45) is 2.67. The molecule has 1 aromatic rings. The van der Waals surface area contributed by atoms with Crippen molar-refractivity contribution in [3.8, 4) is 11.5 Å². The van der Waals surface area contributed by atoms with E-state index in [1.165, 1.54) is 25.9 Å². The standard InChI is InChI=1S/C21H36N4O2.HI/c1-5-22-21(23-14-17(2)16-25-12-8-9-13-25)24-15-18(3)27-20-11-7-6-10-19(20)26-4;/h6-7,10-11,17-18H,5,8-9,12-16H2,1-4H3,(H2,22,23,24);1H. The molecule has 0 amide bonds. The summed E-state index contributed by atoms with van der Waals surface area (Å²) in [5.74, 6) is 2.91. The fourth-order valence-corrected chi connectivity index (χ4v) is 3.27. The summed E-state index contributed by atoms with van der Waals surface area (Å²) in [6, 6.07) is 7.72. The van der Waals surface area contributed by atoms with E-state index >= 15 is 0 Å². The number of para-hydroxylation sites is 2. The van der Waals surface area contributed by atoms with Gasteiger partial charge in [-0.2, -0.15) is 0 Å². The number of rotatable bonds is 10. The molecule has 160 valence electrons. The van der Waals surface area contributed by atoms with Gasteiger partial charge in [0.15, 0.2) is 17.5 Å². The third-order valence-electron chi connectivity index (χ3n) is 4.63. The second kappa shape index (κ2) is 13.9. The number of ether oxygens (including phenoxy) is 2. The highest BCUT2D eigenvalue weighted by Gasteiger charge is 2.14. The van der Waals surface area contributed by atoms with Crippen molar-refractivity contribution in [1.29, 1.82) is 0 Å². The van der Waals surface area contributed by atoms with Gasteiger partial charge in [-0.1, -0.05) is 19.1 Å². The van der Waals surface area contributed by atoms with Crippen LogP contribution in [0, 0.1) is 5.92 Å². The average molecular weight is 504 g/mol. The molecule has 0 saturated carbocycles. The van der Waals surface area contributed by atoms with Crippen LogP contribution in [0.4, 0.5) is 0 Å². The quantitative estimate of drug-likeness (QED) is 0.291. The lowest BCUT2D eigenvalue weighted by atomic mass is 10.2. The van der Waals surface area contributed by atoms with Gasteiger partial charge >= 0.3 is 0 Å². The van der Waals surface area contributed by atoms with Crippen LogP contribution in [0.1, 0.15) is 33.6 Å². The summed E-state index contributed by atoms with van der Waals surface area (Å²) < 4.78 is 11.3. The van der Waals surface area contributed by atoms with Crippen LogP contribution in [0.5, 0.6) is 11.5 Å². The molecule has 0 bridgehead atoms. The monoisotopic (exact) mass is 504 g/mol. The first-order chi connectivity index (χ1) is 13.1. The molecule has 1 aliphatic heterocycles. The highest BCUT2D eigenvalue weighted by atomic mass is 127. The Labute approximate surface area is 187 Å². The number of nitrogens with zero attached hydrogens (tertiary/aromatic N) is 2. The van der Waals surface area contributed by atoms with Gasteiger partial charge in [-0.3, -0.25) is 4.99 Å². The summed E-state index contributed by atoms with van der Waals surface area (Å²) in [4.78, 5) is 7.30. The summed E-state index contributed by atoms with van der Waals surface area (Å²) in [5.41, 5.74) is 0. The molecule has 2 rings (SSSR count). The molecule has 0 aliphatic carbocycles. The van der Waals surface area contributed by atoms with E-state index in [0.29, 0.717) is 12.5 Å². The lowest BCUT2D eigenvalue weighted by molar-refractivity contribution is 0.213. The van der Waals surface area contributed by atoms with Gasteiger partial charge in [0.1, 0.15) is 6.10 Å². The van der Waals surface area contributed by atoms with Crippen LogP contribution in [-0.4, -0.2) is 63.3 Å². The second-order valence-corrected chi connectivity index (χ2v) is 7.29. The van der Waals surface area contributed by atoms with Crippen molar-refractivity contribution in [2.75, 3.05) is 46.4 Å². The highest BCUT2D eigenvalue weighted by molar-refractivity contribution is 14.0. The number of likely N-dealkylation sites (tertiary alicyclic amines) is 1. The highest BCUT2D eigenvalue weighted by Crippen LogP contribution is 2.26. The molecule has 0 radical (unpaired) electrons. The second-order valence-electron chi connectivity index (χ2n) is 7.29. The molecular formula is C21H37IN4O2. The molecule has 1 saturated heterocycles. The van der Waals surface area contributed by atoms with Crippen molar-refractivity contribution in [3.63, 3.8) is 0 Å². The number of methoxy groups -OCH3 is 1. The first kappa shape index (κ1) is 24.8. The van der Waals surface area contributed by atoms with Gasteiger partial charge in [0.2, 0.25) is 0 Å². The first-order valence-electron chi connectivity index (χ1n) is 10.2. The summed E-state index contributed by atoms with van der Waals surface area (Å²) in [6.45, 7) is 12.4. The number of aliphatic imine (C=N–C) groups is 1. The molecule has 2 N–H and O–H groups in total. The first-order valence-corrected chi connectivity index (χ1v) is 10.2. The minimum Gasteiger partial charge on any atom is -0.493 e. The molecule has 7 heteroatoms. The number of nitrogens with one attached hydrogen (secondary N) is 2. The third-order valence-corrected chi connectivity index (χ3v) is 4.63. The Morgan fingerprint density at radius 1 is 1.14 bits per heavy atom. The summed E-state index contributed by atoms with van der Waals surface area (Å²) >= 11 is 0. The number of hydrogen-bond acceptors (Lipinski definition) is 4. The van der Waals surface area contributed by atoms with Crippen molar-refractivity contribution in [3.05, 3.63) is 24.3 Å². The molecule has 6 nitrogen and oxygen atoms in total. The molecule has 1 heterocycles. The van der Waals surface area contributed by atoms with Crippen molar-refractivity contribution in [2.24, 2.45) is 10.9 Å². The molecule has 0 aromatic heterocycles. The average Bonchev–Trinajstić information content (AvgIpc) is 3.17. The van der Waals surface area contributed by atoms with Gasteiger partial charge in [-0.25, -0.2) is 0 Å². The van der Waals surface area contributed by atoms with Crippen molar-refractivity contribution < 1.29 is 9.47 Å². The third kappa shape index (κ3) is 8.86. The maximum absolute atomic E-state index is 6.00. The number of halogens is 1. The topological polar surface area (TPSA) is 58.1 Å². The zero-order valence-corrected chi connectivity index (χ0v) is 20.1. The minimum absolute atomic E-state index is 0. The predicted molar refractivity (Wildman–Crippen MR) is 127 cm³/mol. The van der Waals surface area contributed by atoms with Crippen LogP contribution in [0.25, 0.3) is 0 Å². The van der Waals surface area contributed by atoms with Gasteiger partial charge in [0, 0.05) is 19.6 Å². The van der Waals surface area contributed by atoms with E-state index in [1.54, 1.807) is 7.11 Å². The van der Waals surface area contributed by atoms with E-state index in [4.69, 9.17) is 14.5 Å². The fraction of sp³-hybridized carbons (Fsp3) is 0.667. The molecule has 1 fully saturated rings. The Morgan fingerprint density at radius 2 is 1.82 bits per heavy atom. The molecule has 2 unspecified atom stereocenters. The van der Waals surface area contributed by atoms with E-state index < -0.39 is 0 Å². The van der Waals surface area contributed by atoms with Crippen LogP contribution in [0.2, 0.25) is 0 Å². The lowest BCUT2D eigenvalue weighted by Gasteiger charge is -2.21. The number of hydrogen-bond donors (Lipinski definition) is 2. The van der Waals surface area contributed by atoms with Crippen molar-refractivity contribution in [1.82, 2.24) is 15.5 Å². The zero-order chi connectivity index (χ0) is 19.5. The van der Waals surface area contributed by atoms with Gasteiger partial charge in [-0.15, -0.1) is 24.0 Å². The Morgan fingerprint density at radius 3 is 2.46 bits per heavy atom. The maximum atomic E-state index is 6.00. The lowest BCUT2D eigenvalue weighted by Crippen LogP contribution is -2.42. The molecular weight excluding hydrogens is 467 g/mol. The number of benzene rings is 1. The van der Waals surface area contributed by atoms with Crippen molar-refractivity contribution >= 4 is 29.9 Å². The van der Waals surface area contributed by atoms with Crippen LogP contribution in [-0.2, 0) is 0 Å². The van der Waals surface area contributed by atoms with Gasteiger partial charge in [-0.05, 0) is 57.8 Å². The fourth-order valence-electron chi connectivity index (χ4n) is 3.27. The van der Waals surface area contributed by atoms with E-state index in [1.807, 2.05) is 31.2 Å². The normalized spacial score (nSPS) is 16.8. The molecule has 1 aliphatic rings. The van der Waals surface area contributed by atoms with E-state index in [0.717, 1.165) is 37.1 Å². The van der Waals surface area contributed by atoms with Gasteiger partial charge < -0.3 is 25.0 Å². The molecule has 0 spiro atoms. The van der Waals surface area contributed by atoms with Crippen LogP contribution in [0.15, 0.2) is 29.3 Å². The van der Waals surface area contributed by atoms with Gasteiger partial charge in [0.25, 0.3) is 0 Å². The Balaban J connectivity index is 0.00000392. The van der Waals surface area contributed by atoms with E-state index in [9.17, 15) is 0 Å². The van der Waals surface area contributed by atoms with Crippen molar-refractivity contribution in [2.45, 2.75) is 39.7 Å². The zero-order valence-electron chi connectivity index (χ0n) is 17.7. The SMILES string of the molecule is CCNC(=NCC(C)CN1CCCC1)NCC(C)Oc1ccccc1OC.I. The maximum Gasteiger partial charge on any atom is 0.191 e. The molecule has 28 heavy (non-hydrogen) atoms. The van der Waals surface area contributed by atoms with Gasteiger partial charge in [0.05, 0.1) is 13.7 Å². The van der Waals surface area contributed by atoms with E-state index in [-0.39, 0.29) is 30.1 Å². The smallest absolute Gasteiger partial charge is 0.191 e. The number of guanidine groups is 1. The Kier molecular flexibility index (Phi) is 12.3. The Hall–Kier alpha value is -1.22. The molecule has 1 aromatic carbocycles. The van der Waals surface area contributed by atoms with Crippen LogP contribution >= 0.6 is 24.0 Å². The van der Waals surface area contributed by atoms with E-state index in [2.05, 4.69) is 29.4 Å². The Bertz CT molecular complexity index is 579. The minimum atomic E-state index is -0.00724. The largest absolute Gasteiger partial charge is 0.493 e. The predicted octanol–water partition coefficient (Wildman–Crippen LogP) is 3.37. The summed E-state index contributed by atoms with van der Waals surface area (Å²) in [7, 11) is 1.66. The van der Waals surface area contributed by atoms with Crippen LogP contribution in [0.3, 0.4) is 0 Å².